The molecule has 27 heavy (non-hydrogen) atoms. The molecule has 0 aliphatic carbocycles. The summed E-state index contributed by atoms with van der Waals surface area (Å²) in [6.07, 6.45) is 3.63. The summed E-state index contributed by atoms with van der Waals surface area (Å²) in [6.45, 7) is 4.08. The van der Waals surface area contributed by atoms with E-state index in [4.69, 9.17) is 16.6 Å². The van der Waals surface area contributed by atoms with Gasteiger partial charge in [0.1, 0.15) is 4.88 Å². The summed E-state index contributed by atoms with van der Waals surface area (Å²) in [4.78, 5) is 21.1. The highest BCUT2D eigenvalue weighted by atomic mass is 35.5. The van der Waals surface area contributed by atoms with Gasteiger partial charge in [0.15, 0.2) is 5.13 Å². The van der Waals surface area contributed by atoms with Gasteiger partial charge in [0.05, 0.1) is 5.69 Å². The van der Waals surface area contributed by atoms with Crippen LogP contribution in [0.25, 0.3) is 11.3 Å². The summed E-state index contributed by atoms with van der Waals surface area (Å²) in [5.74, 6) is 0.00278. The summed E-state index contributed by atoms with van der Waals surface area (Å²) in [6, 6.07) is 15.3. The van der Waals surface area contributed by atoms with Crippen molar-refractivity contribution >= 4 is 33.9 Å². The van der Waals surface area contributed by atoms with E-state index in [0.717, 1.165) is 29.5 Å². The Morgan fingerprint density at radius 1 is 1.00 bits per heavy atom. The number of aryl methyl sites for hydroxylation is 1. The van der Waals surface area contributed by atoms with Crippen LogP contribution < -0.4 is 4.90 Å². The summed E-state index contributed by atoms with van der Waals surface area (Å²) >= 11 is 7.49. The van der Waals surface area contributed by atoms with Crippen molar-refractivity contribution in [2.24, 2.45) is 0 Å². The zero-order valence-corrected chi connectivity index (χ0v) is 16.8. The van der Waals surface area contributed by atoms with Crippen molar-refractivity contribution in [2.45, 2.75) is 26.2 Å². The maximum atomic E-state index is 13.2. The van der Waals surface area contributed by atoms with Crippen LogP contribution in [0.15, 0.2) is 48.5 Å². The fourth-order valence-corrected chi connectivity index (χ4v) is 4.55. The average molecular weight is 397 g/mol. The first-order valence-corrected chi connectivity index (χ1v) is 10.4. The molecule has 3 aromatic rings. The van der Waals surface area contributed by atoms with Crippen molar-refractivity contribution in [3.05, 3.63) is 69.6 Å². The van der Waals surface area contributed by atoms with Gasteiger partial charge in [-0.25, -0.2) is 4.98 Å². The van der Waals surface area contributed by atoms with E-state index in [1.807, 2.05) is 12.1 Å². The lowest BCUT2D eigenvalue weighted by Gasteiger charge is -2.25. The Hall–Kier alpha value is -2.17. The van der Waals surface area contributed by atoms with Crippen molar-refractivity contribution in [3.8, 4) is 11.3 Å². The Morgan fingerprint density at radius 3 is 2.33 bits per heavy atom. The summed E-state index contributed by atoms with van der Waals surface area (Å²) in [5.41, 5.74) is 3.59. The Bertz CT molecular complexity index is 941. The lowest BCUT2D eigenvalue weighted by Crippen LogP contribution is -2.29. The average Bonchev–Trinajstić information content (AvgIpc) is 3.15. The molecule has 0 radical (unpaired) electrons. The van der Waals surface area contributed by atoms with Crippen molar-refractivity contribution in [3.63, 3.8) is 0 Å². The van der Waals surface area contributed by atoms with Gasteiger partial charge in [-0.15, -0.1) is 0 Å². The zero-order chi connectivity index (χ0) is 18.8. The number of anilines is 1. The van der Waals surface area contributed by atoms with Gasteiger partial charge in [-0.05, 0) is 50.5 Å². The second kappa shape index (κ2) is 7.83. The van der Waals surface area contributed by atoms with E-state index >= 15 is 0 Å². The maximum Gasteiger partial charge on any atom is 0.205 e. The summed E-state index contributed by atoms with van der Waals surface area (Å²) in [5, 5.41) is 1.58. The second-order valence-corrected chi connectivity index (χ2v) is 8.34. The van der Waals surface area contributed by atoms with Gasteiger partial charge in [-0.2, -0.15) is 0 Å². The first-order valence-electron chi connectivity index (χ1n) is 9.25. The highest BCUT2D eigenvalue weighted by molar-refractivity contribution is 7.18. The molecular formula is C22H21ClN2OS. The van der Waals surface area contributed by atoms with Gasteiger partial charge in [-0.1, -0.05) is 52.8 Å². The van der Waals surface area contributed by atoms with Crippen LogP contribution in [0, 0.1) is 6.92 Å². The van der Waals surface area contributed by atoms with Crippen molar-refractivity contribution < 1.29 is 4.79 Å². The molecule has 0 bridgehead atoms. The van der Waals surface area contributed by atoms with Gasteiger partial charge in [0.25, 0.3) is 0 Å². The Labute approximate surface area is 168 Å². The minimum Gasteiger partial charge on any atom is -0.348 e. The van der Waals surface area contributed by atoms with Crippen molar-refractivity contribution in [1.82, 2.24) is 4.98 Å². The first kappa shape index (κ1) is 18.2. The molecule has 3 nitrogen and oxygen atoms in total. The number of nitrogens with zero attached hydrogens (tertiary/aromatic N) is 2. The third kappa shape index (κ3) is 3.92. The largest absolute Gasteiger partial charge is 0.348 e. The number of thiazole rings is 1. The van der Waals surface area contributed by atoms with Gasteiger partial charge in [0, 0.05) is 29.2 Å². The lowest BCUT2D eigenvalue weighted by molar-refractivity contribution is 0.104. The molecule has 0 atom stereocenters. The molecule has 5 heteroatoms. The quantitative estimate of drug-likeness (QED) is 0.507. The number of carbonyl (C=O) groups excluding carboxylic acids is 1. The highest BCUT2D eigenvalue weighted by Gasteiger charge is 2.24. The zero-order valence-electron chi connectivity index (χ0n) is 15.2. The van der Waals surface area contributed by atoms with Crippen LogP contribution in [0.2, 0.25) is 5.02 Å². The molecule has 1 aliphatic heterocycles. The van der Waals surface area contributed by atoms with Crippen LogP contribution in [-0.4, -0.2) is 23.9 Å². The number of ketones is 1. The fraction of sp³-hybridized carbons (Fsp3) is 0.273. The van der Waals surface area contributed by atoms with Crippen LogP contribution in [0.3, 0.4) is 0 Å². The first-order chi connectivity index (χ1) is 13.1. The molecule has 0 unspecified atom stereocenters. The van der Waals surface area contributed by atoms with Crippen LogP contribution in [0.4, 0.5) is 5.13 Å². The minimum absolute atomic E-state index is 0.00278. The predicted molar refractivity (Wildman–Crippen MR) is 113 cm³/mol. The summed E-state index contributed by atoms with van der Waals surface area (Å²) in [7, 11) is 0. The normalized spacial score (nSPS) is 14.4. The smallest absolute Gasteiger partial charge is 0.205 e. The number of rotatable bonds is 4. The van der Waals surface area contributed by atoms with Crippen LogP contribution >= 0.6 is 22.9 Å². The molecular weight excluding hydrogens is 376 g/mol. The number of carbonyl (C=O) groups is 1. The van der Waals surface area contributed by atoms with E-state index in [1.165, 1.54) is 36.2 Å². The van der Waals surface area contributed by atoms with E-state index in [0.29, 0.717) is 15.5 Å². The van der Waals surface area contributed by atoms with Crippen molar-refractivity contribution in [1.29, 1.82) is 0 Å². The van der Waals surface area contributed by atoms with E-state index in [1.54, 1.807) is 24.3 Å². The second-order valence-electron chi connectivity index (χ2n) is 6.92. The topological polar surface area (TPSA) is 33.2 Å². The number of hydrogen-bond donors (Lipinski definition) is 0. The fourth-order valence-electron chi connectivity index (χ4n) is 3.32. The molecule has 138 valence electrons. The molecule has 2 aromatic carbocycles. The Kier molecular flexibility index (Phi) is 5.28. The van der Waals surface area contributed by atoms with Crippen molar-refractivity contribution in [2.75, 3.05) is 18.0 Å². The molecule has 4 rings (SSSR count). The molecule has 1 fully saturated rings. The maximum absolute atomic E-state index is 13.2. The Morgan fingerprint density at radius 2 is 1.67 bits per heavy atom. The number of aromatic nitrogens is 1. The third-order valence-electron chi connectivity index (χ3n) is 4.88. The molecule has 0 N–H and O–H groups in total. The number of hydrogen-bond acceptors (Lipinski definition) is 4. The van der Waals surface area contributed by atoms with Gasteiger partial charge >= 0.3 is 0 Å². The lowest BCUT2D eigenvalue weighted by atomic mass is 10.0. The van der Waals surface area contributed by atoms with E-state index in [9.17, 15) is 4.79 Å². The number of piperidine rings is 1. The molecule has 0 amide bonds. The van der Waals surface area contributed by atoms with Crippen LogP contribution in [0.5, 0.6) is 0 Å². The number of benzene rings is 2. The van der Waals surface area contributed by atoms with Gasteiger partial charge in [0.2, 0.25) is 5.78 Å². The minimum atomic E-state index is 0.00278. The SMILES string of the molecule is Cc1ccc(-c2nc(N3CCCCC3)sc2C(=O)c2ccc(Cl)cc2)cc1. The molecule has 2 heterocycles. The summed E-state index contributed by atoms with van der Waals surface area (Å²) < 4.78 is 0. The van der Waals surface area contributed by atoms with Gasteiger partial charge < -0.3 is 4.90 Å². The molecule has 1 aliphatic rings. The van der Waals surface area contributed by atoms with E-state index in [2.05, 4.69) is 24.0 Å². The molecule has 0 spiro atoms. The van der Waals surface area contributed by atoms with E-state index in [-0.39, 0.29) is 5.78 Å². The van der Waals surface area contributed by atoms with Crippen LogP contribution in [0.1, 0.15) is 40.1 Å². The molecule has 1 saturated heterocycles. The van der Waals surface area contributed by atoms with Crippen LogP contribution in [-0.2, 0) is 0 Å². The highest BCUT2D eigenvalue weighted by Crippen LogP contribution is 2.36. The number of halogens is 1. The molecule has 0 saturated carbocycles. The Balaban J connectivity index is 1.77. The van der Waals surface area contributed by atoms with E-state index < -0.39 is 0 Å². The van der Waals surface area contributed by atoms with Gasteiger partial charge in [-0.3, -0.25) is 4.79 Å². The monoisotopic (exact) mass is 396 g/mol. The predicted octanol–water partition coefficient (Wildman–Crippen LogP) is 5.99. The standard InChI is InChI=1S/C22H21ClN2OS/c1-15-5-7-16(8-6-15)19-21(20(26)17-9-11-18(23)12-10-17)27-22(24-19)25-13-3-2-4-14-25/h5-12H,2-4,13-14H2,1H3. The molecule has 1 aromatic heterocycles. The third-order valence-corrected chi connectivity index (χ3v) is 6.25.